The molecule has 22 heavy (non-hydrogen) atoms. The highest BCUT2D eigenvalue weighted by Crippen LogP contribution is 2.57. The van der Waals surface area contributed by atoms with Crippen LogP contribution in [0.1, 0.15) is 54.9 Å². The molecule has 0 aromatic heterocycles. The third kappa shape index (κ3) is 1.67. The maximum atomic E-state index is 5.56. The first-order chi connectivity index (χ1) is 10.5. The van der Waals surface area contributed by atoms with Gasteiger partial charge in [-0.15, -0.1) is 0 Å². The molecule has 0 unspecified atom stereocenters. The van der Waals surface area contributed by atoms with E-state index < -0.39 is 0 Å². The lowest BCUT2D eigenvalue weighted by atomic mass is 9.84. The summed E-state index contributed by atoms with van der Waals surface area (Å²) in [5.41, 5.74) is 7.04. The van der Waals surface area contributed by atoms with Gasteiger partial charge in [-0.1, -0.05) is 38.1 Å². The van der Waals surface area contributed by atoms with E-state index in [0.717, 1.165) is 12.2 Å². The minimum absolute atomic E-state index is 0.00886. The first kappa shape index (κ1) is 13.7. The molecular formula is C20H23NO. The van der Waals surface area contributed by atoms with Gasteiger partial charge in [0.2, 0.25) is 0 Å². The second-order valence-electron chi connectivity index (χ2n) is 7.08. The fourth-order valence-corrected chi connectivity index (χ4v) is 4.30. The summed E-state index contributed by atoms with van der Waals surface area (Å²) in [6.45, 7) is 6.85. The Morgan fingerprint density at radius 2 is 2.00 bits per heavy atom. The zero-order chi connectivity index (χ0) is 15.5. The first-order valence-corrected chi connectivity index (χ1v) is 8.13. The van der Waals surface area contributed by atoms with Gasteiger partial charge in [-0.25, -0.2) is 0 Å². The normalized spacial score (nSPS) is 24.7. The number of hydrogen-bond donors (Lipinski definition) is 1. The van der Waals surface area contributed by atoms with Gasteiger partial charge < -0.3 is 10.1 Å². The Kier molecular flexibility index (Phi) is 2.81. The summed E-state index contributed by atoms with van der Waals surface area (Å²) in [5.74, 6) is 1.95. The largest absolute Gasteiger partial charge is 0.497 e. The molecule has 1 aliphatic carbocycles. The van der Waals surface area contributed by atoms with Crippen LogP contribution in [-0.2, 0) is 12.0 Å². The minimum atomic E-state index is 0.00886. The van der Waals surface area contributed by atoms with Gasteiger partial charge in [0.15, 0.2) is 0 Å². The van der Waals surface area contributed by atoms with Crippen LogP contribution in [0, 0.1) is 0 Å². The average molecular weight is 293 g/mol. The molecule has 2 heteroatoms. The molecule has 1 aliphatic heterocycles. The van der Waals surface area contributed by atoms with Crippen LogP contribution in [0.4, 0.5) is 5.69 Å². The van der Waals surface area contributed by atoms with Crippen molar-refractivity contribution < 1.29 is 4.74 Å². The molecule has 0 spiro atoms. The lowest BCUT2D eigenvalue weighted by Crippen LogP contribution is -2.29. The van der Waals surface area contributed by atoms with Crippen LogP contribution in [0.5, 0.6) is 5.75 Å². The van der Waals surface area contributed by atoms with Crippen molar-refractivity contribution in [3.8, 4) is 5.75 Å². The van der Waals surface area contributed by atoms with Gasteiger partial charge >= 0.3 is 0 Å². The molecule has 0 fully saturated rings. The maximum absolute atomic E-state index is 5.56. The molecule has 2 aliphatic rings. The molecule has 2 aromatic rings. The summed E-state index contributed by atoms with van der Waals surface area (Å²) in [5, 5.41) is 3.87. The van der Waals surface area contributed by atoms with E-state index in [2.05, 4.69) is 62.5 Å². The van der Waals surface area contributed by atoms with Crippen molar-refractivity contribution in [1.29, 1.82) is 0 Å². The zero-order valence-electron chi connectivity index (χ0n) is 13.7. The van der Waals surface area contributed by atoms with Crippen molar-refractivity contribution in [2.75, 3.05) is 12.4 Å². The molecule has 0 amide bonds. The Bertz CT molecular complexity index is 749. The van der Waals surface area contributed by atoms with E-state index in [1.807, 2.05) is 0 Å². The summed E-state index contributed by atoms with van der Waals surface area (Å²) in [6.07, 6.45) is 1.11. The summed E-state index contributed by atoms with van der Waals surface area (Å²) >= 11 is 0. The fraction of sp³-hybridized carbons (Fsp3) is 0.400. The van der Waals surface area contributed by atoms with Crippen molar-refractivity contribution in [2.45, 2.75) is 44.6 Å². The lowest BCUT2D eigenvalue weighted by Gasteiger charge is -2.27. The second-order valence-corrected chi connectivity index (χ2v) is 7.08. The van der Waals surface area contributed by atoms with E-state index in [1.54, 1.807) is 7.11 Å². The quantitative estimate of drug-likeness (QED) is 0.858. The predicted octanol–water partition coefficient (Wildman–Crippen LogP) is 4.80. The van der Waals surface area contributed by atoms with Gasteiger partial charge in [-0.2, -0.15) is 0 Å². The molecule has 0 saturated carbocycles. The number of fused-ring (bicyclic) bond motifs is 5. The predicted molar refractivity (Wildman–Crippen MR) is 90.9 cm³/mol. The van der Waals surface area contributed by atoms with E-state index >= 15 is 0 Å². The van der Waals surface area contributed by atoms with Crippen LogP contribution in [0.3, 0.4) is 0 Å². The first-order valence-electron chi connectivity index (χ1n) is 8.13. The molecule has 0 radical (unpaired) electrons. The van der Waals surface area contributed by atoms with E-state index in [0.29, 0.717) is 11.8 Å². The standard InChI is InChI=1S/C20H23NO/c1-12(2)15-10-14(22-4)11-16-18-9-13-7-5-6-8-17(13)20(18,3)21-19(15)16/h5-8,10-12,18,21H,9H2,1-4H3/t18-,20-/m1/s1. The molecule has 114 valence electrons. The maximum Gasteiger partial charge on any atom is 0.119 e. The molecule has 2 aromatic carbocycles. The average Bonchev–Trinajstić information content (AvgIpc) is 2.95. The fourth-order valence-electron chi connectivity index (χ4n) is 4.30. The number of anilines is 1. The van der Waals surface area contributed by atoms with Gasteiger partial charge in [-0.05, 0) is 53.6 Å². The van der Waals surface area contributed by atoms with E-state index in [9.17, 15) is 0 Å². The molecule has 0 bridgehead atoms. The van der Waals surface area contributed by atoms with Crippen molar-refractivity contribution in [2.24, 2.45) is 0 Å². The Morgan fingerprint density at radius 3 is 2.73 bits per heavy atom. The second kappa shape index (κ2) is 4.52. The van der Waals surface area contributed by atoms with Gasteiger partial charge in [0.05, 0.1) is 12.6 Å². The summed E-state index contributed by atoms with van der Waals surface area (Å²) in [6, 6.07) is 13.3. The summed E-state index contributed by atoms with van der Waals surface area (Å²) in [7, 11) is 1.76. The van der Waals surface area contributed by atoms with E-state index in [1.165, 1.54) is 27.9 Å². The van der Waals surface area contributed by atoms with Gasteiger partial charge in [0, 0.05) is 11.6 Å². The molecule has 2 nitrogen and oxygen atoms in total. The van der Waals surface area contributed by atoms with Gasteiger partial charge in [0.25, 0.3) is 0 Å². The van der Waals surface area contributed by atoms with Gasteiger partial charge in [-0.3, -0.25) is 0 Å². The highest BCUT2D eigenvalue weighted by atomic mass is 16.5. The van der Waals surface area contributed by atoms with Crippen LogP contribution in [0.2, 0.25) is 0 Å². The summed E-state index contributed by atoms with van der Waals surface area (Å²) < 4.78 is 5.56. The number of rotatable bonds is 2. The van der Waals surface area contributed by atoms with Crippen LogP contribution in [0.25, 0.3) is 0 Å². The van der Waals surface area contributed by atoms with Crippen LogP contribution < -0.4 is 10.1 Å². The highest BCUT2D eigenvalue weighted by Gasteiger charge is 2.49. The third-order valence-corrected chi connectivity index (χ3v) is 5.49. The van der Waals surface area contributed by atoms with Crippen molar-refractivity contribution in [3.05, 3.63) is 58.7 Å². The Labute approximate surface area is 132 Å². The van der Waals surface area contributed by atoms with Crippen molar-refractivity contribution in [1.82, 2.24) is 0 Å². The molecule has 0 saturated heterocycles. The smallest absolute Gasteiger partial charge is 0.119 e. The van der Waals surface area contributed by atoms with E-state index in [4.69, 9.17) is 4.74 Å². The summed E-state index contributed by atoms with van der Waals surface area (Å²) in [4.78, 5) is 0. The van der Waals surface area contributed by atoms with Gasteiger partial charge in [0.1, 0.15) is 5.75 Å². The van der Waals surface area contributed by atoms with Crippen LogP contribution in [0.15, 0.2) is 36.4 Å². The van der Waals surface area contributed by atoms with E-state index in [-0.39, 0.29) is 5.54 Å². The number of nitrogens with one attached hydrogen (secondary N) is 1. The molecule has 1 N–H and O–H groups in total. The Balaban J connectivity index is 1.90. The van der Waals surface area contributed by atoms with Crippen molar-refractivity contribution in [3.63, 3.8) is 0 Å². The van der Waals surface area contributed by atoms with Crippen LogP contribution >= 0.6 is 0 Å². The number of methoxy groups -OCH3 is 1. The molecule has 1 heterocycles. The minimum Gasteiger partial charge on any atom is -0.497 e. The molecule has 4 rings (SSSR count). The molecule has 2 atom stereocenters. The molecular weight excluding hydrogens is 270 g/mol. The number of hydrogen-bond acceptors (Lipinski definition) is 2. The van der Waals surface area contributed by atoms with Crippen LogP contribution in [-0.4, -0.2) is 7.11 Å². The SMILES string of the molecule is COc1cc(C(C)C)c2c(c1)[C@H]1Cc3ccccc3[C@@]1(C)N2. The van der Waals surface area contributed by atoms with Crippen molar-refractivity contribution >= 4 is 5.69 Å². The Hall–Kier alpha value is -1.96. The Morgan fingerprint density at radius 1 is 1.23 bits per heavy atom. The number of ether oxygens (including phenoxy) is 1. The zero-order valence-corrected chi connectivity index (χ0v) is 13.7. The third-order valence-electron chi connectivity index (χ3n) is 5.49. The topological polar surface area (TPSA) is 21.3 Å². The monoisotopic (exact) mass is 293 g/mol. The lowest BCUT2D eigenvalue weighted by molar-refractivity contribution is 0.412. The highest BCUT2D eigenvalue weighted by molar-refractivity contribution is 5.72. The number of benzene rings is 2.